The highest BCUT2D eigenvalue weighted by Crippen LogP contribution is 2.35. The van der Waals surface area contributed by atoms with Crippen LogP contribution >= 0.6 is 0 Å². The predicted octanol–water partition coefficient (Wildman–Crippen LogP) is 1.75. The molecule has 0 aromatic heterocycles. The smallest absolute Gasteiger partial charge is 0.253 e. The molecule has 1 aliphatic rings. The Kier molecular flexibility index (Phi) is 5.64. The molecule has 2 atom stereocenters. The highest BCUT2D eigenvalue weighted by molar-refractivity contribution is 7.89. The number of hydrogen-bond donors (Lipinski definition) is 1. The lowest BCUT2D eigenvalue weighted by molar-refractivity contribution is 0.0827. The molecule has 2 N–H and O–H groups in total. The van der Waals surface area contributed by atoms with Crippen LogP contribution < -0.4 is 5.73 Å². The SMILES string of the molecule is CN(C)C(=O)c1ccc(S(=O)(=O)N2C[C@@H](CN)[C@H](c3ccccc3)C2)cc1. The number of carbonyl (C=O) groups excluding carboxylic acids is 1. The third-order valence-electron chi connectivity index (χ3n) is 5.08. The summed E-state index contributed by atoms with van der Waals surface area (Å²) in [5, 5.41) is 0. The molecule has 0 spiro atoms. The first-order valence-corrected chi connectivity index (χ1v) is 10.4. The Morgan fingerprint density at radius 1 is 1.07 bits per heavy atom. The summed E-state index contributed by atoms with van der Waals surface area (Å²) >= 11 is 0. The molecule has 27 heavy (non-hydrogen) atoms. The molecule has 0 bridgehead atoms. The summed E-state index contributed by atoms with van der Waals surface area (Å²) in [6, 6.07) is 16.0. The van der Waals surface area contributed by atoms with E-state index >= 15 is 0 Å². The van der Waals surface area contributed by atoms with Crippen LogP contribution in [-0.4, -0.2) is 57.3 Å². The van der Waals surface area contributed by atoms with Crippen molar-refractivity contribution >= 4 is 15.9 Å². The van der Waals surface area contributed by atoms with E-state index in [-0.39, 0.29) is 22.6 Å². The standard InChI is InChI=1S/C20H25N3O3S/c1-22(2)20(24)16-8-10-18(11-9-16)27(25,26)23-13-17(12-21)19(14-23)15-6-4-3-5-7-15/h3-11,17,19H,12-14,21H2,1-2H3/t17-,19+/m1/s1. The third-order valence-corrected chi connectivity index (χ3v) is 6.93. The highest BCUT2D eigenvalue weighted by Gasteiger charge is 2.39. The molecule has 3 rings (SSSR count). The number of amides is 1. The molecule has 0 radical (unpaired) electrons. The molecule has 1 fully saturated rings. The van der Waals surface area contributed by atoms with Crippen molar-refractivity contribution in [1.29, 1.82) is 0 Å². The van der Waals surface area contributed by atoms with E-state index in [0.717, 1.165) is 5.56 Å². The fourth-order valence-corrected chi connectivity index (χ4v) is 5.04. The fourth-order valence-electron chi connectivity index (χ4n) is 3.52. The van der Waals surface area contributed by atoms with Gasteiger partial charge in [0.15, 0.2) is 0 Å². The summed E-state index contributed by atoms with van der Waals surface area (Å²) in [6.45, 7) is 1.24. The minimum absolute atomic E-state index is 0.0803. The van der Waals surface area contributed by atoms with Gasteiger partial charge in [0.1, 0.15) is 0 Å². The minimum atomic E-state index is -3.63. The van der Waals surface area contributed by atoms with Crippen LogP contribution in [0, 0.1) is 5.92 Å². The van der Waals surface area contributed by atoms with E-state index < -0.39 is 10.0 Å². The summed E-state index contributed by atoms with van der Waals surface area (Å²) in [5.41, 5.74) is 7.49. The van der Waals surface area contributed by atoms with E-state index in [1.54, 1.807) is 26.2 Å². The molecular weight excluding hydrogens is 362 g/mol. The van der Waals surface area contributed by atoms with E-state index in [9.17, 15) is 13.2 Å². The molecule has 1 saturated heterocycles. The molecular formula is C20H25N3O3S. The predicted molar refractivity (Wildman–Crippen MR) is 105 cm³/mol. The van der Waals surface area contributed by atoms with Crippen LogP contribution in [0.15, 0.2) is 59.5 Å². The lowest BCUT2D eigenvalue weighted by Gasteiger charge is -2.17. The van der Waals surface area contributed by atoms with E-state index in [4.69, 9.17) is 5.73 Å². The first-order valence-electron chi connectivity index (χ1n) is 8.91. The number of rotatable bonds is 5. The van der Waals surface area contributed by atoms with Crippen molar-refractivity contribution in [3.8, 4) is 0 Å². The largest absolute Gasteiger partial charge is 0.345 e. The second-order valence-electron chi connectivity index (χ2n) is 7.06. The topological polar surface area (TPSA) is 83.7 Å². The Morgan fingerprint density at radius 3 is 2.26 bits per heavy atom. The van der Waals surface area contributed by atoms with Gasteiger partial charge in [-0.05, 0) is 42.3 Å². The molecule has 0 unspecified atom stereocenters. The molecule has 0 saturated carbocycles. The Morgan fingerprint density at radius 2 is 1.70 bits per heavy atom. The van der Waals surface area contributed by atoms with Gasteiger partial charge in [0.25, 0.3) is 5.91 Å². The highest BCUT2D eigenvalue weighted by atomic mass is 32.2. The number of nitrogens with two attached hydrogens (primary N) is 1. The Hall–Kier alpha value is -2.22. The van der Waals surface area contributed by atoms with Crippen molar-refractivity contribution in [3.05, 3.63) is 65.7 Å². The molecule has 6 nitrogen and oxygen atoms in total. The third kappa shape index (κ3) is 3.90. The van der Waals surface area contributed by atoms with Gasteiger partial charge in [-0.3, -0.25) is 4.79 Å². The monoisotopic (exact) mass is 387 g/mol. The Labute approximate surface area is 160 Å². The van der Waals surface area contributed by atoms with Gasteiger partial charge < -0.3 is 10.6 Å². The average molecular weight is 388 g/mol. The molecule has 2 aromatic carbocycles. The second-order valence-corrected chi connectivity index (χ2v) is 9.00. The lowest BCUT2D eigenvalue weighted by Crippen LogP contribution is -2.30. The van der Waals surface area contributed by atoms with Gasteiger partial charge in [0, 0.05) is 38.7 Å². The second kappa shape index (κ2) is 7.80. The maximum absolute atomic E-state index is 13.1. The van der Waals surface area contributed by atoms with Gasteiger partial charge in [0.05, 0.1) is 4.90 Å². The Balaban J connectivity index is 1.84. The molecule has 0 aliphatic carbocycles. The van der Waals surface area contributed by atoms with Gasteiger partial charge in [0.2, 0.25) is 10.0 Å². The number of sulfonamides is 1. The minimum Gasteiger partial charge on any atom is -0.345 e. The van der Waals surface area contributed by atoms with Crippen LogP contribution in [0.1, 0.15) is 21.8 Å². The molecule has 1 aliphatic heterocycles. The summed E-state index contributed by atoms with van der Waals surface area (Å²) in [7, 11) is -0.311. The van der Waals surface area contributed by atoms with Crippen molar-refractivity contribution in [2.45, 2.75) is 10.8 Å². The van der Waals surface area contributed by atoms with Gasteiger partial charge >= 0.3 is 0 Å². The van der Waals surface area contributed by atoms with E-state index in [1.807, 2.05) is 30.3 Å². The quantitative estimate of drug-likeness (QED) is 0.847. The molecule has 1 amide bonds. The van der Waals surface area contributed by atoms with Gasteiger partial charge in [-0.2, -0.15) is 4.31 Å². The summed E-state index contributed by atoms with van der Waals surface area (Å²) in [6.07, 6.45) is 0. The van der Waals surface area contributed by atoms with Crippen molar-refractivity contribution in [2.24, 2.45) is 11.7 Å². The van der Waals surface area contributed by atoms with E-state index in [1.165, 1.54) is 21.3 Å². The number of benzene rings is 2. The zero-order valence-electron chi connectivity index (χ0n) is 15.6. The molecule has 144 valence electrons. The lowest BCUT2D eigenvalue weighted by atomic mass is 9.89. The van der Waals surface area contributed by atoms with Crippen molar-refractivity contribution in [3.63, 3.8) is 0 Å². The Bertz CT molecular complexity index is 896. The van der Waals surface area contributed by atoms with Gasteiger partial charge in [-0.25, -0.2) is 8.42 Å². The normalized spacial score (nSPS) is 20.6. The zero-order valence-corrected chi connectivity index (χ0v) is 16.4. The zero-order chi connectivity index (χ0) is 19.6. The molecule has 1 heterocycles. The fraction of sp³-hybridized carbons (Fsp3) is 0.350. The van der Waals surface area contributed by atoms with Gasteiger partial charge in [-0.15, -0.1) is 0 Å². The van der Waals surface area contributed by atoms with Crippen LogP contribution in [0.4, 0.5) is 0 Å². The molecule has 7 heteroatoms. The van der Waals surface area contributed by atoms with Crippen molar-refractivity contribution in [2.75, 3.05) is 33.7 Å². The first kappa shape index (κ1) is 19.5. The maximum Gasteiger partial charge on any atom is 0.253 e. The van der Waals surface area contributed by atoms with Crippen LogP contribution in [0.25, 0.3) is 0 Å². The van der Waals surface area contributed by atoms with Crippen molar-refractivity contribution < 1.29 is 13.2 Å². The molecule has 2 aromatic rings. The van der Waals surface area contributed by atoms with Crippen LogP contribution in [0.3, 0.4) is 0 Å². The van der Waals surface area contributed by atoms with Crippen LogP contribution in [0.5, 0.6) is 0 Å². The van der Waals surface area contributed by atoms with E-state index in [0.29, 0.717) is 25.2 Å². The van der Waals surface area contributed by atoms with E-state index in [2.05, 4.69) is 0 Å². The van der Waals surface area contributed by atoms with Crippen LogP contribution in [0.2, 0.25) is 0 Å². The summed E-state index contributed by atoms with van der Waals surface area (Å²) < 4.78 is 27.7. The average Bonchev–Trinajstić information content (AvgIpc) is 3.13. The first-order chi connectivity index (χ1) is 12.8. The number of hydrogen-bond acceptors (Lipinski definition) is 4. The summed E-state index contributed by atoms with van der Waals surface area (Å²) in [4.78, 5) is 13.7. The van der Waals surface area contributed by atoms with Crippen LogP contribution in [-0.2, 0) is 10.0 Å². The summed E-state index contributed by atoms with van der Waals surface area (Å²) in [5.74, 6) is 0.00444. The van der Waals surface area contributed by atoms with Gasteiger partial charge in [-0.1, -0.05) is 30.3 Å². The number of nitrogens with zero attached hydrogens (tertiary/aromatic N) is 2. The van der Waals surface area contributed by atoms with Crippen molar-refractivity contribution in [1.82, 2.24) is 9.21 Å². The number of carbonyl (C=O) groups is 1. The maximum atomic E-state index is 13.1.